The minimum Gasteiger partial charge on any atom is -0.379 e. The summed E-state index contributed by atoms with van der Waals surface area (Å²) in [5, 5.41) is 3.03. The lowest BCUT2D eigenvalue weighted by Gasteiger charge is -2.32. The molecular weight excluding hydrogens is 312 g/mol. The number of hydrogen-bond acceptors (Lipinski definition) is 5. The molecular formula is C17H20N2O3S. The van der Waals surface area contributed by atoms with Gasteiger partial charge in [0.25, 0.3) is 5.91 Å². The first-order valence-electron chi connectivity index (χ1n) is 7.68. The fourth-order valence-electron chi connectivity index (χ4n) is 2.58. The molecule has 1 aliphatic rings. The number of ether oxygens (including phenoxy) is 2. The Hall–Kier alpha value is -1.76. The van der Waals surface area contributed by atoms with Crippen molar-refractivity contribution in [3.63, 3.8) is 0 Å². The molecule has 0 saturated carbocycles. The maximum absolute atomic E-state index is 12.4. The van der Waals surface area contributed by atoms with Crippen molar-refractivity contribution in [3.05, 3.63) is 52.0 Å². The number of carbonyl (C=O) groups is 1. The predicted octanol–water partition coefficient (Wildman–Crippen LogP) is 2.56. The Morgan fingerprint density at radius 1 is 1.43 bits per heavy atom. The largest absolute Gasteiger partial charge is 0.379 e. The number of aryl methyl sites for hydroxylation is 1. The van der Waals surface area contributed by atoms with Crippen LogP contribution >= 0.6 is 11.3 Å². The highest BCUT2D eigenvalue weighted by molar-refractivity contribution is 7.11. The molecule has 1 aromatic carbocycles. The number of rotatable bonds is 5. The van der Waals surface area contributed by atoms with Gasteiger partial charge in [-0.2, -0.15) is 0 Å². The second-order valence-electron chi connectivity index (χ2n) is 5.55. The van der Waals surface area contributed by atoms with Gasteiger partial charge in [-0.1, -0.05) is 30.3 Å². The molecule has 1 aromatic heterocycles. The molecule has 1 amide bonds. The molecule has 6 heteroatoms. The van der Waals surface area contributed by atoms with Gasteiger partial charge in [-0.05, 0) is 18.9 Å². The van der Waals surface area contributed by atoms with E-state index in [0.717, 1.165) is 17.7 Å². The van der Waals surface area contributed by atoms with Gasteiger partial charge in [0.1, 0.15) is 4.88 Å². The first kappa shape index (κ1) is 16.1. The molecule has 0 unspecified atom stereocenters. The Bertz CT molecular complexity index is 644. The number of aromatic nitrogens is 1. The first-order valence-corrected chi connectivity index (χ1v) is 8.56. The van der Waals surface area contributed by atoms with Crippen LogP contribution in [0.15, 0.2) is 35.8 Å². The van der Waals surface area contributed by atoms with Gasteiger partial charge in [-0.3, -0.25) is 4.79 Å². The summed E-state index contributed by atoms with van der Waals surface area (Å²) in [6.45, 7) is 3.51. The maximum atomic E-state index is 12.4. The fraction of sp³-hybridized carbons (Fsp3) is 0.412. The average Bonchev–Trinajstić information content (AvgIpc) is 3.01. The van der Waals surface area contributed by atoms with E-state index in [-0.39, 0.29) is 18.1 Å². The summed E-state index contributed by atoms with van der Waals surface area (Å²) in [5.41, 5.74) is 3.57. The number of nitrogens with one attached hydrogen (secondary N) is 1. The minimum absolute atomic E-state index is 0.0406. The monoisotopic (exact) mass is 332 g/mol. The summed E-state index contributed by atoms with van der Waals surface area (Å²) in [4.78, 5) is 17.1. The lowest BCUT2D eigenvalue weighted by atomic mass is 10.1. The van der Waals surface area contributed by atoms with E-state index < -0.39 is 0 Å². The highest BCUT2D eigenvalue weighted by Gasteiger charge is 2.29. The van der Waals surface area contributed by atoms with Crippen molar-refractivity contribution in [2.45, 2.75) is 32.1 Å². The first-order chi connectivity index (χ1) is 11.2. The number of amides is 1. The number of hydrogen-bond donors (Lipinski definition) is 1. The van der Waals surface area contributed by atoms with Crippen LogP contribution in [0.1, 0.15) is 27.3 Å². The van der Waals surface area contributed by atoms with Crippen LogP contribution in [-0.2, 0) is 16.1 Å². The zero-order valence-corrected chi connectivity index (χ0v) is 13.8. The van der Waals surface area contributed by atoms with Gasteiger partial charge in [0, 0.05) is 6.61 Å². The lowest BCUT2D eigenvalue weighted by Crippen LogP contribution is -2.50. The fourth-order valence-corrected chi connectivity index (χ4v) is 3.29. The summed E-state index contributed by atoms with van der Waals surface area (Å²) in [6, 6.07) is 9.91. The van der Waals surface area contributed by atoms with Crippen molar-refractivity contribution in [2.75, 3.05) is 13.2 Å². The van der Waals surface area contributed by atoms with E-state index in [9.17, 15) is 4.79 Å². The third-order valence-corrected chi connectivity index (χ3v) is 4.80. The Kier molecular flexibility index (Phi) is 5.38. The van der Waals surface area contributed by atoms with Crippen LogP contribution in [0.3, 0.4) is 0 Å². The standard InChI is InChI=1S/C17H20N2O3S/c1-12-16(23-11-18-12)17(20)19-14-10-21-8-7-15(14)22-9-13-5-3-2-4-6-13/h2-6,11,14-15H,7-10H2,1H3,(H,19,20)/t14-,15+/m1/s1. The molecule has 0 bridgehead atoms. The molecule has 0 aliphatic carbocycles. The van der Waals surface area contributed by atoms with E-state index >= 15 is 0 Å². The van der Waals surface area contributed by atoms with Gasteiger partial charge in [0.2, 0.25) is 0 Å². The molecule has 1 aliphatic heterocycles. The van der Waals surface area contributed by atoms with E-state index in [1.165, 1.54) is 11.3 Å². The van der Waals surface area contributed by atoms with Crippen molar-refractivity contribution in [2.24, 2.45) is 0 Å². The molecule has 5 nitrogen and oxygen atoms in total. The zero-order valence-electron chi connectivity index (χ0n) is 13.0. The van der Waals surface area contributed by atoms with Crippen molar-refractivity contribution in [1.29, 1.82) is 0 Å². The van der Waals surface area contributed by atoms with Crippen LogP contribution < -0.4 is 5.32 Å². The van der Waals surface area contributed by atoms with Crippen LogP contribution in [0, 0.1) is 6.92 Å². The van der Waals surface area contributed by atoms with E-state index in [0.29, 0.717) is 24.7 Å². The number of benzene rings is 1. The molecule has 23 heavy (non-hydrogen) atoms. The third kappa shape index (κ3) is 4.16. The molecule has 122 valence electrons. The normalized spacial score (nSPS) is 21.1. The van der Waals surface area contributed by atoms with E-state index in [1.54, 1.807) is 5.51 Å². The average molecular weight is 332 g/mol. The molecule has 3 rings (SSSR count). The number of nitrogens with zero attached hydrogens (tertiary/aromatic N) is 1. The maximum Gasteiger partial charge on any atom is 0.263 e. The highest BCUT2D eigenvalue weighted by atomic mass is 32.1. The van der Waals surface area contributed by atoms with Gasteiger partial charge in [0.05, 0.1) is 36.6 Å². The topological polar surface area (TPSA) is 60.5 Å². The van der Waals surface area contributed by atoms with Crippen molar-refractivity contribution in [1.82, 2.24) is 10.3 Å². The number of carbonyl (C=O) groups excluding carboxylic acids is 1. The lowest BCUT2D eigenvalue weighted by molar-refractivity contribution is -0.0605. The van der Waals surface area contributed by atoms with Gasteiger partial charge in [-0.25, -0.2) is 4.98 Å². The summed E-state index contributed by atoms with van der Waals surface area (Å²) in [5.74, 6) is -0.103. The van der Waals surface area contributed by atoms with Crippen LogP contribution in [0.4, 0.5) is 0 Å². The summed E-state index contributed by atoms with van der Waals surface area (Å²) < 4.78 is 11.5. The third-order valence-electron chi connectivity index (χ3n) is 3.87. The molecule has 1 fully saturated rings. The van der Waals surface area contributed by atoms with Crippen molar-refractivity contribution < 1.29 is 14.3 Å². The van der Waals surface area contributed by atoms with Crippen molar-refractivity contribution in [3.8, 4) is 0 Å². The molecule has 2 atom stereocenters. The molecule has 1 saturated heterocycles. The summed E-state index contributed by atoms with van der Waals surface area (Å²) >= 11 is 1.35. The second-order valence-corrected chi connectivity index (χ2v) is 6.40. The number of thiazole rings is 1. The van der Waals surface area contributed by atoms with Crippen LogP contribution in [0.5, 0.6) is 0 Å². The smallest absolute Gasteiger partial charge is 0.263 e. The second kappa shape index (κ2) is 7.68. The molecule has 1 N–H and O–H groups in total. The van der Waals surface area contributed by atoms with E-state index in [2.05, 4.69) is 10.3 Å². The quantitative estimate of drug-likeness (QED) is 0.914. The molecule has 0 radical (unpaired) electrons. The van der Waals surface area contributed by atoms with Gasteiger partial charge in [-0.15, -0.1) is 11.3 Å². The SMILES string of the molecule is Cc1ncsc1C(=O)N[C@@H]1COCC[C@@H]1OCc1ccccc1. The minimum atomic E-state index is -0.138. The predicted molar refractivity (Wildman–Crippen MR) is 88.6 cm³/mol. The van der Waals surface area contributed by atoms with E-state index in [4.69, 9.17) is 9.47 Å². The van der Waals surface area contributed by atoms with Crippen molar-refractivity contribution >= 4 is 17.2 Å². The Morgan fingerprint density at radius 2 is 2.26 bits per heavy atom. The molecule has 2 aromatic rings. The Labute approximate surface area is 139 Å². The van der Waals surface area contributed by atoms with Gasteiger partial charge < -0.3 is 14.8 Å². The zero-order chi connectivity index (χ0) is 16.1. The molecule has 0 spiro atoms. The van der Waals surface area contributed by atoms with E-state index in [1.807, 2.05) is 37.3 Å². The van der Waals surface area contributed by atoms with Crippen LogP contribution in [-0.4, -0.2) is 36.3 Å². The van der Waals surface area contributed by atoms with Gasteiger partial charge >= 0.3 is 0 Å². The van der Waals surface area contributed by atoms with Crippen LogP contribution in [0.2, 0.25) is 0 Å². The Balaban J connectivity index is 1.60. The highest BCUT2D eigenvalue weighted by Crippen LogP contribution is 2.17. The molecule has 2 heterocycles. The van der Waals surface area contributed by atoms with Crippen LogP contribution in [0.25, 0.3) is 0 Å². The summed E-state index contributed by atoms with van der Waals surface area (Å²) in [6.07, 6.45) is 0.737. The summed E-state index contributed by atoms with van der Waals surface area (Å²) in [7, 11) is 0. The van der Waals surface area contributed by atoms with Gasteiger partial charge in [0.15, 0.2) is 0 Å². The Morgan fingerprint density at radius 3 is 3.00 bits per heavy atom.